The van der Waals surface area contributed by atoms with Crippen molar-refractivity contribution in [1.29, 1.82) is 0 Å². The molecule has 5 nitrogen and oxygen atoms in total. The molecule has 5 N–H and O–H groups in total. The average Bonchev–Trinajstić information content (AvgIpc) is 2.38. The quantitative estimate of drug-likeness (QED) is 0.408. The predicted octanol–water partition coefficient (Wildman–Crippen LogP) is 1.87. The van der Waals surface area contributed by atoms with Gasteiger partial charge in [0, 0.05) is 24.7 Å². The molecule has 0 saturated carbocycles. The van der Waals surface area contributed by atoms with Gasteiger partial charge in [-0.15, -0.1) is 0 Å². The molecule has 0 bridgehead atoms. The van der Waals surface area contributed by atoms with E-state index in [4.69, 9.17) is 5.11 Å². The van der Waals surface area contributed by atoms with Gasteiger partial charge >= 0.3 is 18.9 Å². The summed E-state index contributed by atoms with van der Waals surface area (Å²) in [6, 6.07) is 5.86. The van der Waals surface area contributed by atoms with Crippen molar-refractivity contribution < 1.29 is 15.3 Å². The number of aliphatic hydroxyl groups excluding tert-OH is 1. The summed E-state index contributed by atoms with van der Waals surface area (Å²) in [5.74, 6) is -0.390. The molecule has 0 aliphatic heterocycles. The standard InChI is InChI=1S/C11H17NO3.C6H15N.Li.H/c1-7(2)12-6-11(15)8-3-4-9(13)10(14)5-8;1-5(2)7-6(3)4;;/h3-5,7,11-15H,6H2,1-2H3;5-7H,1-4H3;;/t11-;;;/m1.../s1. The van der Waals surface area contributed by atoms with Gasteiger partial charge in [0.25, 0.3) is 0 Å². The number of phenols is 2. The second-order valence-electron chi connectivity index (χ2n) is 6.30. The third kappa shape index (κ3) is 12.4. The van der Waals surface area contributed by atoms with E-state index in [0.29, 0.717) is 30.2 Å². The Bertz CT molecular complexity index is 420. The van der Waals surface area contributed by atoms with E-state index in [1.54, 1.807) is 6.07 Å². The van der Waals surface area contributed by atoms with Crippen molar-refractivity contribution in [1.82, 2.24) is 10.6 Å². The summed E-state index contributed by atoms with van der Waals surface area (Å²) >= 11 is 0. The van der Waals surface area contributed by atoms with Crippen LogP contribution in [0.1, 0.15) is 53.2 Å². The molecule has 0 aliphatic carbocycles. The summed E-state index contributed by atoms with van der Waals surface area (Å²) in [6.45, 7) is 13.0. The van der Waals surface area contributed by atoms with E-state index < -0.39 is 6.10 Å². The number of benzene rings is 1. The fourth-order valence-corrected chi connectivity index (χ4v) is 1.88. The van der Waals surface area contributed by atoms with E-state index in [1.807, 2.05) is 13.8 Å². The molecule has 1 aromatic carbocycles. The molecule has 0 heterocycles. The van der Waals surface area contributed by atoms with Crippen LogP contribution in [0, 0.1) is 0 Å². The fourth-order valence-electron chi connectivity index (χ4n) is 1.88. The average molecular weight is 320 g/mol. The van der Waals surface area contributed by atoms with E-state index in [1.165, 1.54) is 12.1 Å². The first kappa shape index (κ1) is 24.5. The van der Waals surface area contributed by atoms with Crippen LogP contribution in [0.4, 0.5) is 0 Å². The molecule has 6 heteroatoms. The van der Waals surface area contributed by atoms with Crippen molar-refractivity contribution in [3.8, 4) is 11.5 Å². The molecule has 0 aromatic heterocycles. The van der Waals surface area contributed by atoms with Gasteiger partial charge in [-0.3, -0.25) is 0 Å². The Kier molecular flexibility index (Phi) is 13.5. The number of aromatic hydroxyl groups is 2. The fraction of sp³-hybridized carbons (Fsp3) is 0.647. The second kappa shape index (κ2) is 12.7. The van der Waals surface area contributed by atoms with E-state index in [2.05, 4.69) is 38.3 Å². The SMILES string of the molecule is CC(C)NC(C)C.CC(C)NC[C@@H](O)c1ccc(O)c(O)c1.[LiH]. The van der Waals surface area contributed by atoms with Crippen LogP contribution >= 0.6 is 0 Å². The van der Waals surface area contributed by atoms with Gasteiger partial charge in [-0.1, -0.05) is 47.6 Å². The number of aliphatic hydroxyl groups is 1. The Labute approximate surface area is 152 Å². The van der Waals surface area contributed by atoms with E-state index in [-0.39, 0.29) is 30.4 Å². The number of hydrogen-bond donors (Lipinski definition) is 5. The molecule has 0 spiro atoms. The Hall–Kier alpha value is -0.703. The second-order valence-corrected chi connectivity index (χ2v) is 6.30. The molecule has 0 saturated heterocycles. The van der Waals surface area contributed by atoms with Gasteiger partial charge in [0.2, 0.25) is 0 Å². The number of hydrogen-bond acceptors (Lipinski definition) is 5. The monoisotopic (exact) mass is 320 g/mol. The topological polar surface area (TPSA) is 84.8 Å². The molecule has 1 atom stereocenters. The Morgan fingerprint density at radius 3 is 1.74 bits per heavy atom. The van der Waals surface area contributed by atoms with E-state index >= 15 is 0 Å². The van der Waals surface area contributed by atoms with Crippen molar-refractivity contribution in [2.24, 2.45) is 0 Å². The normalized spacial score (nSPS) is 11.9. The molecule has 0 amide bonds. The third-order valence-electron chi connectivity index (χ3n) is 2.77. The third-order valence-corrected chi connectivity index (χ3v) is 2.77. The Morgan fingerprint density at radius 1 is 0.870 bits per heavy atom. The molecule has 0 aliphatic rings. The first-order valence-corrected chi connectivity index (χ1v) is 7.82. The van der Waals surface area contributed by atoms with Crippen LogP contribution in [-0.2, 0) is 0 Å². The summed E-state index contributed by atoms with van der Waals surface area (Å²) in [4.78, 5) is 0. The van der Waals surface area contributed by atoms with Crippen molar-refractivity contribution in [2.45, 2.75) is 65.8 Å². The zero-order chi connectivity index (χ0) is 17.3. The number of rotatable bonds is 6. The molecule has 130 valence electrons. The summed E-state index contributed by atoms with van der Waals surface area (Å²) < 4.78 is 0. The zero-order valence-electron chi connectivity index (χ0n) is 14.6. The van der Waals surface area contributed by atoms with Gasteiger partial charge < -0.3 is 26.0 Å². The minimum atomic E-state index is -0.682. The van der Waals surface area contributed by atoms with Crippen LogP contribution < -0.4 is 10.6 Å². The van der Waals surface area contributed by atoms with Gasteiger partial charge in [-0.05, 0) is 17.7 Å². The molecule has 0 fully saturated rings. The summed E-state index contributed by atoms with van der Waals surface area (Å²) in [5.41, 5.74) is 0.582. The van der Waals surface area contributed by atoms with Gasteiger partial charge in [0.05, 0.1) is 6.10 Å². The number of nitrogens with one attached hydrogen (secondary N) is 2. The first-order valence-electron chi connectivity index (χ1n) is 7.82. The van der Waals surface area contributed by atoms with Crippen molar-refractivity contribution in [2.75, 3.05) is 6.54 Å². The molecular weight excluding hydrogens is 287 g/mol. The molecule has 0 unspecified atom stereocenters. The summed E-state index contributed by atoms with van der Waals surface area (Å²) in [5, 5.41) is 34.5. The molecule has 1 rings (SSSR count). The molecule has 23 heavy (non-hydrogen) atoms. The van der Waals surface area contributed by atoms with Gasteiger partial charge in [-0.2, -0.15) is 0 Å². The maximum atomic E-state index is 9.73. The van der Waals surface area contributed by atoms with Crippen molar-refractivity contribution in [3.05, 3.63) is 23.8 Å². The van der Waals surface area contributed by atoms with Crippen LogP contribution in [0.5, 0.6) is 11.5 Å². The molecule has 0 radical (unpaired) electrons. The number of phenolic OH excluding ortho intramolecular Hbond substituents is 2. The minimum absolute atomic E-state index is 0. The maximum absolute atomic E-state index is 9.73. The molecular formula is C17H33LiN2O3. The van der Waals surface area contributed by atoms with Crippen molar-refractivity contribution in [3.63, 3.8) is 0 Å². The van der Waals surface area contributed by atoms with Gasteiger partial charge in [-0.25, -0.2) is 0 Å². The van der Waals surface area contributed by atoms with Crippen LogP contribution in [0.3, 0.4) is 0 Å². The van der Waals surface area contributed by atoms with E-state index in [0.717, 1.165) is 0 Å². The van der Waals surface area contributed by atoms with Gasteiger partial charge in [0.1, 0.15) is 0 Å². The first-order chi connectivity index (χ1) is 10.1. The van der Waals surface area contributed by atoms with Crippen LogP contribution in [0.25, 0.3) is 0 Å². The van der Waals surface area contributed by atoms with Crippen LogP contribution in [-0.4, -0.2) is 58.9 Å². The zero-order valence-corrected chi connectivity index (χ0v) is 14.6. The Balaban J connectivity index is 0. The van der Waals surface area contributed by atoms with E-state index in [9.17, 15) is 10.2 Å². The Morgan fingerprint density at radius 2 is 1.39 bits per heavy atom. The van der Waals surface area contributed by atoms with Crippen LogP contribution in [0.2, 0.25) is 0 Å². The van der Waals surface area contributed by atoms with Gasteiger partial charge in [0.15, 0.2) is 11.5 Å². The predicted molar refractivity (Wildman–Crippen MR) is 98.4 cm³/mol. The summed E-state index contributed by atoms with van der Waals surface area (Å²) in [6.07, 6.45) is -0.682. The van der Waals surface area contributed by atoms with Crippen molar-refractivity contribution >= 4 is 18.9 Å². The van der Waals surface area contributed by atoms with Crippen LogP contribution in [0.15, 0.2) is 18.2 Å². The summed E-state index contributed by atoms with van der Waals surface area (Å²) in [7, 11) is 0. The molecule has 1 aromatic rings.